The summed E-state index contributed by atoms with van der Waals surface area (Å²) >= 11 is 0. The molecule has 1 fully saturated rings. The molecule has 104 valence electrons. The molecule has 2 rings (SSSR count). The van der Waals surface area contributed by atoms with E-state index in [4.69, 9.17) is 0 Å². The summed E-state index contributed by atoms with van der Waals surface area (Å²) in [6.45, 7) is 7.71. The van der Waals surface area contributed by atoms with E-state index in [2.05, 4.69) is 13.2 Å². The van der Waals surface area contributed by atoms with E-state index < -0.39 is 0 Å². The summed E-state index contributed by atoms with van der Waals surface area (Å²) in [7, 11) is 0. The summed E-state index contributed by atoms with van der Waals surface area (Å²) in [5.41, 5.74) is 0.964. The molecule has 1 heterocycles. The number of carbonyl (C=O) groups is 2. The van der Waals surface area contributed by atoms with Gasteiger partial charge in [-0.2, -0.15) is 0 Å². The first-order chi connectivity index (χ1) is 9.69. The molecule has 1 aliphatic rings. The number of nitrogens with zero attached hydrogens (tertiary/aromatic N) is 1. The molecule has 0 unspecified atom stereocenters. The van der Waals surface area contributed by atoms with Crippen LogP contribution in [0.5, 0.6) is 0 Å². The zero-order chi connectivity index (χ0) is 14.5. The molecule has 0 radical (unpaired) electrons. The van der Waals surface area contributed by atoms with E-state index in [0.29, 0.717) is 19.4 Å². The van der Waals surface area contributed by atoms with Crippen LogP contribution in [0.1, 0.15) is 18.4 Å². The molecule has 0 bridgehead atoms. The summed E-state index contributed by atoms with van der Waals surface area (Å²) in [4.78, 5) is 26.2. The monoisotopic (exact) mass is 269 g/mol. The number of allylic oxidation sites excluding steroid dienone is 2. The van der Waals surface area contributed by atoms with E-state index in [1.807, 2.05) is 30.3 Å². The van der Waals surface area contributed by atoms with E-state index in [9.17, 15) is 9.59 Å². The Bertz CT molecular complexity index is 493. The Morgan fingerprint density at radius 2 is 1.45 bits per heavy atom. The van der Waals surface area contributed by atoms with Gasteiger partial charge in [0.05, 0.1) is 18.4 Å². The van der Waals surface area contributed by atoms with Crippen LogP contribution in [-0.2, 0) is 16.1 Å². The fraction of sp³-hybridized carbons (Fsp3) is 0.294. The van der Waals surface area contributed by atoms with Crippen molar-refractivity contribution in [2.75, 3.05) is 0 Å². The van der Waals surface area contributed by atoms with Gasteiger partial charge in [-0.3, -0.25) is 14.5 Å². The molecule has 0 aliphatic carbocycles. The number of imide groups is 1. The van der Waals surface area contributed by atoms with Gasteiger partial charge >= 0.3 is 0 Å². The predicted octanol–water partition coefficient (Wildman–Crippen LogP) is 2.94. The molecule has 0 aromatic heterocycles. The molecule has 0 N–H and O–H groups in total. The number of carbonyl (C=O) groups excluding carboxylic acids is 2. The largest absolute Gasteiger partial charge is 0.278 e. The van der Waals surface area contributed by atoms with E-state index in [-0.39, 0.29) is 23.7 Å². The number of benzene rings is 1. The Labute approximate surface area is 119 Å². The highest BCUT2D eigenvalue weighted by Crippen LogP contribution is 2.32. The minimum atomic E-state index is -0.290. The molecule has 20 heavy (non-hydrogen) atoms. The van der Waals surface area contributed by atoms with Crippen molar-refractivity contribution in [2.45, 2.75) is 19.4 Å². The second kappa shape index (κ2) is 6.33. The molecule has 3 nitrogen and oxygen atoms in total. The van der Waals surface area contributed by atoms with Gasteiger partial charge in [0.2, 0.25) is 11.8 Å². The highest BCUT2D eigenvalue weighted by atomic mass is 16.2. The summed E-state index contributed by atoms with van der Waals surface area (Å²) in [5, 5.41) is 0. The van der Waals surface area contributed by atoms with Gasteiger partial charge in [-0.05, 0) is 18.4 Å². The van der Waals surface area contributed by atoms with Gasteiger partial charge in [-0.15, -0.1) is 13.2 Å². The van der Waals surface area contributed by atoms with Gasteiger partial charge < -0.3 is 0 Å². The van der Waals surface area contributed by atoms with Crippen LogP contribution in [0.3, 0.4) is 0 Å². The van der Waals surface area contributed by atoms with Crippen molar-refractivity contribution >= 4 is 11.8 Å². The van der Waals surface area contributed by atoms with Gasteiger partial charge in [0, 0.05) is 0 Å². The maximum atomic E-state index is 12.4. The van der Waals surface area contributed by atoms with Gasteiger partial charge in [-0.1, -0.05) is 42.5 Å². The Morgan fingerprint density at radius 3 is 1.90 bits per heavy atom. The van der Waals surface area contributed by atoms with Crippen molar-refractivity contribution in [3.8, 4) is 0 Å². The standard InChI is InChI=1S/C17H19NO2/c1-3-8-14-15(9-4-2)17(20)18(16(14)19)12-13-10-6-5-7-11-13/h3-7,10-11,14-15H,1-2,8-9,12H2/t14-,15-/m1/s1. The highest BCUT2D eigenvalue weighted by molar-refractivity contribution is 6.05. The van der Waals surface area contributed by atoms with Crippen LogP contribution in [0.2, 0.25) is 0 Å². The predicted molar refractivity (Wildman–Crippen MR) is 78.6 cm³/mol. The molecule has 1 aromatic carbocycles. The minimum Gasteiger partial charge on any atom is -0.278 e. The topological polar surface area (TPSA) is 37.4 Å². The Kier molecular flexibility index (Phi) is 4.51. The minimum absolute atomic E-state index is 0.0920. The fourth-order valence-corrected chi connectivity index (χ4v) is 2.66. The van der Waals surface area contributed by atoms with Crippen molar-refractivity contribution in [3.05, 3.63) is 61.2 Å². The van der Waals surface area contributed by atoms with Gasteiger partial charge in [0.25, 0.3) is 0 Å². The summed E-state index contributed by atoms with van der Waals surface area (Å²) < 4.78 is 0. The summed E-state index contributed by atoms with van der Waals surface area (Å²) in [6, 6.07) is 9.57. The van der Waals surface area contributed by atoms with Gasteiger partial charge in [0.15, 0.2) is 0 Å². The fourth-order valence-electron chi connectivity index (χ4n) is 2.66. The molecular weight excluding hydrogens is 250 g/mol. The Balaban J connectivity index is 2.21. The maximum absolute atomic E-state index is 12.4. The van der Waals surface area contributed by atoms with Crippen LogP contribution in [0.15, 0.2) is 55.6 Å². The molecule has 2 atom stereocenters. The third-order valence-corrected chi connectivity index (χ3v) is 3.68. The number of rotatable bonds is 6. The molecule has 2 amide bonds. The molecule has 1 aromatic rings. The third kappa shape index (κ3) is 2.72. The second-order valence-corrected chi connectivity index (χ2v) is 5.01. The lowest BCUT2D eigenvalue weighted by molar-refractivity contribution is -0.140. The quantitative estimate of drug-likeness (QED) is 0.588. The lowest BCUT2D eigenvalue weighted by Crippen LogP contribution is -2.30. The van der Waals surface area contributed by atoms with Crippen LogP contribution < -0.4 is 0 Å². The van der Waals surface area contributed by atoms with Crippen molar-refractivity contribution in [1.82, 2.24) is 4.90 Å². The molecular formula is C17H19NO2. The van der Waals surface area contributed by atoms with Crippen LogP contribution in [0, 0.1) is 11.8 Å². The van der Waals surface area contributed by atoms with E-state index in [1.54, 1.807) is 12.2 Å². The van der Waals surface area contributed by atoms with Crippen LogP contribution in [-0.4, -0.2) is 16.7 Å². The smallest absolute Gasteiger partial charge is 0.233 e. The van der Waals surface area contributed by atoms with Crippen molar-refractivity contribution in [3.63, 3.8) is 0 Å². The average Bonchev–Trinajstić information content (AvgIpc) is 2.67. The first-order valence-corrected chi connectivity index (χ1v) is 6.80. The SMILES string of the molecule is C=CC[C@H]1C(=O)N(Cc2ccccc2)C(=O)[C@@H]1CC=C. The first kappa shape index (κ1) is 14.3. The lowest BCUT2D eigenvalue weighted by Gasteiger charge is -2.14. The van der Waals surface area contributed by atoms with Crippen molar-refractivity contribution in [2.24, 2.45) is 11.8 Å². The highest BCUT2D eigenvalue weighted by Gasteiger charge is 2.45. The number of likely N-dealkylation sites (tertiary alicyclic amines) is 1. The number of hydrogen-bond donors (Lipinski definition) is 0. The van der Waals surface area contributed by atoms with E-state index in [1.165, 1.54) is 4.90 Å². The van der Waals surface area contributed by atoms with Gasteiger partial charge in [-0.25, -0.2) is 0 Å². The van der Waals surface area contributed by atoms with Crippen LogP contribution in [0.4, 0.5) is 0 Å². The molecule has 3 heteroatoms. The summed E-state index contributed by atoms with van der Waals surface area (Å²) in [5.74, 6) is -0.764. The molecule has 1 aliphatic heterocycles. The summed E-state index contributed by atoms with van der Waals surface area (Å²) in [6.07, 6.45) is 4.48. The number of hydrogen-bond acceptors (Lipinski definition) is 2. The van der Waals surface area contributed by atoms with Gasteiger partial charge in [0.1, 0.15) is 0 Å². The Hall–Kier alpha value is -2.16. The normalized spacial score (nSPS) is 22.1. The molecule has 1 saturated heterocycles. The number of amides is 2. The average molecular weight is 269 g/mol. The Morgan fingerprint density at radius 1 is 0.950 bits per heavy atom. The first-order valence-electron chi connectivity index (χ1n) is 6.80. The maximum Gasteiger partial charge on any atom is 0.233 e. The van der Waals surface area contributed by atoms with E-state index in [0.717, 1.165) is 5.56 Å². The molecule has 0 spiro atoms. The second-order valence-electron chi connectivity index (χ2n) is 5.01. The third-order valence-electron chi connectivity index (χ3n) is 3.68. The zero-order valence-corrected chi connectivity index (χ0v) is 11.5. The van der Waals surface area contributed by atoms with E-state index >= 15 is 0 Å². The lowest BCUT2D eigenvalue weighted by atomic mass is 9.89. The van der Waals surface area contributed by atoms with Crippen molar-refractivity contribution in [1.29, 1.82) is 0 Å². The van der Waals surface area contributed by atoms with Crippen LogP contribution in [0.25, 0.3) is 0 Å². The van der Waals surface area contributed by atoms with Crippen LogP contribution >= 0.6 is 0 Å². The molecule has 0 saturated carbocycles. The zero-order valence-electron chi connectivity index (χ0n) is 11.5. The van der Waals surface area contributed by atoms with Crippen molar-refractivity contribution < 1.29 is 9.59 Å².